The standard InChI is InChI=1S/C10H8N2O5/c1-7(6-11)16-10(13)17-9-4-2-8(3-5-9)12(14)15/h2-5,7H,1H3. The number of nitro groups is 1. The average molecular weight is 236 g/mol. The second kappa shape index (κ2) is 5.46. The highest BCUT2D eigenvalue weighted by Gasteiger charge is 2.11. The molecule has 1 aromatic carbocycles. The molecule has 0 amide bonds. The molecule has 0 radical (unpaired) electrons. The SMILES string of the molecule is CC(C#N)OC(=O)Oc1ccc([N+](=O)[O-])cc1. The van der Waals surface area contributed by atoms with Gasteiger partial charge in [0.15, 0.2) is 6.10 Å². The van der Waals surface area contributed by atoms with Crippen LogP contribution in [0, 0.1) is 21.4 Å². The summed E-state index contributed by atoms with van der Waals surface area (Å²) in [5, 5.41) is 18.7. The number of nitro benzene ring substituents is 1. The molecule has 0 aliphatic heterocycles. The zero-order valence-corrected chi connectivity index (χ0v) is 8.82. The van der Waals surface area contributed by atoms with Gasteiger partial charge in [0.1, 0.15) is 11.8 Å². The molecular formula is C10H8N2O5. The largest absolute Gasteiger partial charge is 0.515 e. The van der Waals surface area contributed by atoms with Gasteiger partial charge in [-0.15, -0.1) is 0 Å². The van der Waals surface area contributed by atoms with Gasteiger partial charge in [0.25, 0.3) is 5.69 Å². The van der Waals surface area contributed by atoms with E-state index in [1.807, 2.05) is 0 Å². The van der Waals surface area contributed by atoms with Gasteiger partial charge in [0.05, 0.1) is 4.92 Å². The molecule has 17 heavy (non-hydrogen) atoms. The van der Waals surface area contributed by atoms with Gasteiger partial charge in [-0.05, 0) is 19.1 Å². The molecular weight excluding hydrogens is 228 g/mol. The molecule has 0 N–H and O–H groups in total. The van der Waals surface area contributed by atoms with Crippen molar-refractivity contribution in [3.05, 3.63) is 34.4 Å². The van der Waals surface area contributed by atoms with Crippen molar-refractivity contribution in [3.63, 3.8) is 0 Å². The summed E-state index contributed by atoms with van der Waals surface area (Å²) >= 11 is 0. The van der Waals surface area contributed by atoms with Gasteiger partial charge < -0.3 is 9.47 Å². The second-order valence-corrected chi connectivity index (χ2v) is 2.99. The molecule has 1 rings (SSSR count). The maximum Gasteiger partial charge on any atom is 0.515 e. The fourth-order valence-electron chi connectivity index (χ4n) is 0.927. The maximum atomic E-state index is 11.1. The van der Waals surface area contributed by atoms with E-state index in [0.29, 0.717) is 0 Å². The monoisotopic (exact) mass is 236 g/mol. The average Bonchev–Trinajstić information content (AvgIpc) is 2.29. The fourth-order valence-corrected chi connectivity index (χ4v) is 0.927. The summed E-state index contributed by atoms with van der Waals surface area (Å²) in [5.74, 6) is 0.103. The summed E-state index contributed by atoms with van der Waals surface area (Å²) in [5.41, 5.74) is -0.115. The third-order valence-electron chi connectivity index (χ3n) is 1.70. The first kappa shape index (κ1) is 12.4. The van der Waals surface area contributed by atoms with Gasteiger partial charge in [0, 0.05) is 12.1 Å². The Morgan fingerprint density at radius 1 is 1.47 bits per heavy atom. The highest BCUT2D eigenvalue weighted by atomic mass is 16.7. The Morgan fingerprint density at radius 3 is 2.53 bits per heavy atom. The van der Waals surface area contributed by atoms with E-state index in [2.05, 4.69) is 9.47 Å². The number of hydrogen-bond donors (Lipinski definition) is 0. The number of nitriles is 1. The van der Waals surface area contributed by atoms with Crippen molar-refractivity contribution in [2.45, 2.75) is 13.0 Å². The molecule has 1 aromatic rings. The van der Waals surface area contributed by atoms with Crippen LogP contribution in [0.15, 0.2) is 24.3 Å². The number of nitrogens with zero attached hydrogens (tertiary/aromatic N) is 2. The topological polar surface area (TPSA) is 102 Å². The summed E-state index contributed by atoms with van der Waals surface area (Å²) in [6.45, 7) is 1.39. The molecule has 0 saturated carbocycles. The van der Waals surface area contributed by atoms with E-state index in [1.54, 1.807) is 6.07 Å². The van der Waals surface area contributed by atoms with Crippen LogP contribution in [0.25, 0.3) is 0 Å². The van der Waals surface area contributed by atoms with Crippen molar-refractivity contribution >= 4 is 11.8 Å². The minimum Gasteiger partial charge on any atom is -0.416 e. The molecule has 7 nitrogen and oxygen atoms in total. The predicted molar refractivity (Wildman–Crippen MR) is 55.3 cm³/mol. The Morgan fingerprint density at radius 2 is 2.06 bits per heavy atom. The predicted octanol–water partition coefficient (Wildman–Crippen LogP) is 2.02. The number of benzene rings is 1. The van der Waals surface area contributed by atoms with Crippen molar-refractivity contribution < 1.29 is 19.2 Å². The molecule has 0 aliphatic carbocycles. The third kappa shape index (κ3) is 3.79. The van der Waals surface area contributed by atoms with E-state index in [1.165, 1.54) is 31.2 Å². The third-order valence-corrected chi connectivity index (χ3v) is 1.70. The number of carbonyl (C=O) groups excluding carboxylic acids is 1. The molecule has 7 heteroatoms. The lowest BCUT2D eigenvalue weighted by Crippen LogP contribution is -2.16. The van der Waals surface area contributed by atoms with Crippen LogP contribution in [0.4, 0.5) is 10.5 Å². The highest BCUT2D eigenvalue weighted by Crippen LogP contribution is 2.17. The zero-order chi connectivity index (χ0) is 12.8. The first-order valence-electron chi connectivity index (χ1n) is 4.55. The van der Waals surface area contributed by atoms with Crippen molar-refractivity contribution in [2.24, 2.45) is 0 Å². The zero-order valence-electron chi connectivity index (χ0n) is 8.82. The lowest BCUT2D eigenvalue weighted by molar-refractivity contribution is -0.384. The maximum absolute atomic E-state index is 11.1. The number of hydrogen-bond acceptors (Lipinski definition) is 6. The number of carbonyl (C=O) groups is 1. The van der Waals surface area contributed by atoms with Gasteiger partial charge in [-0.3, -0.25) is 10.1 Å². The Hall–Kier alpha value is -2.62. The summed E-state index contributed by atoms with van der Waals surface area (Å²) in [4.78, 5) is 20.9. The van der Waals surface area contributed by atoms with Gasteiger partial charge >= 0.3 is 6.16 Å². The summed E-state index contributed by atoms with van der Waals surface area (Å²) in [6, 6.07) is 6.60. The van der Waals surface area contributed by atoms with Crippen LogP contribution in [0.3, 0.4) is 0 Å². The van der Waals surface area contributed by atoms with E-state index in [-0.39, 0.29) is 11.4 Å². The number of non-ortho nitro benzene ring substituents is 1. The lowest BCUT2D eigenvalue weighted by Gasteiger charge is -2.06. The molecule has 0 heterocycles. The van der Waals surface area contributed by atoms with Gasteiger partial charge in [-0.2, -0.15) is 5.26 Å². The van der Waals surface area contributed by atoms with Crippen LogP contribution < -0.4 is 4.74 Å². The van der Waals surface area contributed by atoms with Crippen LogP contribution in [0.5, 0.6) is 5.75 Å². The molecule has 88 valence electrons. The summed E-state index contributed by atoms with van der Waals surface area (Å²) in [6.07, 6.45) is -1.95. The van der Waals surface area contributed by atoms with E-state index >= 15 is 0 Å². The van der Waals surface area contributed by atoms with Crippen LogP contribution in [-0.2, 0) is 4.74 Å². The highest BCUT2D eigenvalue weighted by molar-refractivity contribution is 5.64. The molecule has 0 aliphatic rings. The second-order valence-electron chi connectivity index (χ2n) is 2.99. The molecule has 1 unspecified atom stereocenters. The van der Waals surface area contributed by atoms with Gasteiger partial charge in [-0.25, -0.2) is 4.79 Å². The minimum atomic E-state index is -1.03. The number of rotatable bonds is 3. The van der Waals surface area contributed by atoms with Gasteiger partial charge in [-0.1, -0.05) is 0 Å². The van der Waals surface area contributed by atoms with E-state index < -0.39 is 17.2 Å². The van der Waals surface area contributed by atoms with Crippen LogP contribution in [0.1, 0.15) is 6.92 Å². The Kier molecular flexibility index (Phi) is 4.00. The molecule has 0 saturated heterocycles. The van der Waals surface area contributed by atoms with Crippen molar-refractivity contribution in [2.75, 3.05) is 0 Å². The molecule has 0 spiro atoms. The molecule has 0 bridgehead atoms. The van der Waals surface area contributed by atoms with Crippen LogP contribution in [0.2, 0.25) is 0 Å². The lowest BCUT2D eigenvalue weighted by atomic mass is 10.3. The Labute approximate surface area is 96.3 Å². The quantitative estimate of drug-likeness (QED) is 0.344. The Bertz CT molecular complexity index is 463. The van der Waals surface area contributed by atoms with Crippen molar-refractivity contribution in [1.29, 1.82) is 5.26 Å². The molecule has 0 fully saturated rings. The van der Waals surface area contributed by atoms with Crippen molar-refractivity contribution in [1.82, 2.24) is 0 Å². The van der Waals surface area contributed by atoms with E-state index in [4.69, 9.17) is 5.26 Å². The van der Waals surface area contributed by atoms with Crippen molar-refractivity contribution in [3.8, 4) is 11.8 Å². The first-order valence-corrected chi connectivity index (χ1v) is 4.55. The molecule has 0 aromatic heterocycles. The van der Waals surface area contributed by atoms with E-state index in [9.17, 15) is 14.9 Å². The Balaban J connectivity index is 2.61. The summed E-state index contributed by atoms with van der Waals surface area (Å²) in [7, 11) is 0. The smallest absolute Gasteiger partial charge is 0.416 e. The normalized spacial score (nSPS) is 11.1. The minimum absolute atomic E-state index is 0.103. The molecule has 1 atom stereocenters. The fraction of sp³-hybridized carbons (Fsp3) is 0.200. The summed E-state index contributed by atoms with van der Waals surface area (Å²) < 4.78 is 9.21. The van der Waals surface area contributed by atoms with Crippen LogP contribution in [-0.4, -0.2) is 17.2 Å². The van der Waals surface area contributed by atoms with Gasteiger partial charge in [0.2, 0.25) is 0 Å². The van der Waals surface area contributed by atoms with Crippen LogP contribution >= 0.6 is 0 Å². The number of ether oxygens (including phenoxy) is 2. The first-order chi connectivity index (χ1) is 8.02. The van der Waals surface area contributed by atoms with E-state index in [0.717, 1.165) is 0 Å².